The van der Waals surface area contributed by atoms with E-state index in [4.69, 9.17) is 16.1 Å². The Morgan fingerprint density at radius 1 is 1.30 bits per heavy atom. The summed E-state index contributed by atoms with van der Waals surface area (Å²) in [5.41, 5.74) is -0.0716. The summed E-state index contributed by atoms with van der Waals surface area (Å²) < 4.78 is 4.94. The minimum atomic E-state index is -0.576. The van der Waals surface area contributed by atoms with Crippen molar-refractivity contribution in [1.29, 1.82) is 0 Å². The van der Waals surface area contributed by atoms with Gasteiger partial charge in [0.1, 0.15) is 12.3 Å². The molecule has 10 heteroatoms. The molecule has 1 aromatic heterocycles. The minimum Gasteiger partial charge on any atom is -0.360 e. The van der Waals surface area contributed by atoms with Crippen molar-refractivity contribution in [3.05, 3.63) is 50.7 Å². The Morgan fingerprint density at radius 2 is 2.03 bits per heavy atom. The van der Waals surface area contributed by atoms with Gasteiger partial charge in [-0.1, -0.05) is 36.0 Å². The number of hydrogen-bond donors (Lipinski definition) is 1. The van der Waals surface area contributed by atoms with Crippen molar-refractivity contribution in [1.82, 2.24) is 10.1 Å². The van der Waals surface area contributed by atoms with Crippen LogP contribution in [0.15, 0.2) is 28.8 Å². The third-order valence-electron chi connectivity index (χ3n) is 5.11. The van der Waals surface area contributed by atoms with E-state index in [1.165, 1.54) is 23.5 Å². The molecule has 0 radical (unpaired) electrons. The first-order valence-electron chi connectivity index (χ1n) is 9.80. The maximum Gasteiger partial charge on any atom is 0.270 e. The molecule has 0 unspecified atom stereocenters. The number of anilines is 1. The summed E-state index contributed by atoms with van der Waals surface area (Å²) in [6, 6.07) is 5.29. The number of carbonyl (C=O) groups is 2. The number of aryl methyl sites for hydroxylation is 1. The normalized spacial score (nSPS) is 14.3. The smallest absolute Gasteiger partial charge is 0.270 e. The summed E-state index contributed by atoms with van der Waals surface area (Å²) in [5, 5.41) is 17.3. The van der Waals surface area contributed by atoms with Crippen LogP contribution in [0.2, 0.25) is 5.02 Å². The summed E-state index contributed by atoms with van der Waals surface area (Å²) in [7, 11) is 0. The molecule has 1 saturated carbocycles. The topological polar surface area (TPSA) is 119 Å². The van der Waals surface area contributed by atoms with Gasteiger partial charge in [0.15, 0.2) is 5.82 Å². The number of nitrogens with zero attached hydrogens (tertiary/aromatic N) is 3. The fourth-order valence-electron chi connectivity index (χ4n) is 3.64. The lowest BCUT2D eigenvalue weighted by Gasteiger charge is -2.29. The molecule has 1 fully saturated rings. The number of rotatable bonds is 7. The number of halogens is 1. The molecule has 30 heavy (non-hydrogen) atoms. The molecule has 9 nitrogen and oxygen atoms in total. The van der Waals surface area contributed by atoms with Gasteiger partial charge in [0.05, 0.1) is 15.5 Å². The Balaban J connectivity index is 1.78. The zero-order valence-electron chi connectivity index (χ0n) is 16.6. The van der Waals surface area contributed by atoms with Crippen molar-refractivity contribution in [2.75, 3.05) is 18.4 Å². The monoisotopic (exact) mass is 434 g/mol. The van der Waals surface area contributed by atoms with Crippen molar-refractivity contribution in [3.63, 3.8) is 0 Å². The van der Waals surface area contributed by atoms with E-state index in [0.717, 1.165) is 31.7 Å². The number of nitro groups is 1. The highest BCUT2D eigenvalue weighted by Gasteiger charge is 2.26. The van der Waals surface area contributed by atoms with Crippen LogP contribution in [0.1, 0.15) is 48.2 Å². The van der Waals surface area contributed by atoms with Crippen LogP contribution < -0.4 is 5.32 Å². The summed E-state index contributed by atoms with van der Waals surface area (Å²) in [4.78, 5) is 37.5. The molecule has 1 aliphatic carbocycles. The molecule has 1 N–H and O–H groups in total. The fourth-order valence-corrected chi connectivity index (χ4v) is 3.90. The van der Waals surface area contributed by atoms with Gasteiger partial charge in [0, 0.05) is 24.7 Å². The number of nitrogens with one attached hydrogen (secondary N) is 1. The van der Waals surface area contributed by atoms with Crippen LogP contribution in [0.4, 0.5) is 11.5 Å². The quantitative estimate of drug-likeness (QED) is 0.515. The first kappa shape index (κ1) is 21.8. The summed E-state index contributed by atoms with van der Waals surface area (Å²) in [6.07, 6.45) is 5.33. The Hall–Kier alpha value is -2.94. The zero-order chi connectivity index (χ0) is 21.7. The Morgan fingerprint density at radius 3 is 2.63 bits per heavy atom. The summed E-state index contributed by atoms with van der Waals surface area (Å²) in [6.45, 7) is 1.93. The van der Waals surface area contributed by atoms with Gasteiger partial charge in [-0.15, -0.1) is 0 Å². The number of aromatic nitrogens is 1. The average molecular weight is 435 g/mol. The molecule has 0 saturated heterocycles. The van der Waals surface area contributed by atoms with Crippen molar-refractivity contribution in [2.45, 2.75) is 39.0 Å². The van der Waals surface area contributed by atoms with Gasteiger partial charge in [-0.25, -0.2) is 0 Å². The van der Waals surface area contributed by atoms with Crippen LogP contribution in [-0.2, 0) is 4.79 Å². The van der Waals surface area contributed by atoms with Crippen LogP contribution in [0.3, 0.4) is 0 Å². The van der Waals surface area contributed by atoms with Gasteiger partial charge in [0.2, 0.25) is 5.91 Å². The molecule has 160 valence electrons. The lowest BCUT2D eigenvalue weighted by Crippen LogP contribution is -2.41. The van der Waals surface area contributed by atoms with Crippen molar-refractivity contribution in [2.24, 2.45) is 5.92 Å². The standard InChI is InChI=1S/C20H23ClN4O5/c1-13-9-18(23-30-13)22-19(26)12-24(11-14-5-3-2-4-6-14)20(27)16-8-7-15(25(28)29)10-17(16)21/h7-10,14H,2-6,11-12H2,1H3,(H,22,23,26). The van der Waals surface area contributed by atoms with Gasteiger partial charge in [-0.05, 0) is 31.7 Å². The van der Waals surface area contributed by atoms with Gasteiger partial charge in [-0.2, -0.15) is 0 Å². The van der Waals surface area contributed by atoms with E-state index in [1.807, 2.05) is 0 Å². The molecular formula is C20H23ClN4O5. The first-order valence-corrected chi connectivity index (χ1v) is 10.2. The maximum absolute atomic E-state index is 13.2. The van der Waals surface area contributed by atoms with E-state index in [9.17, 15) is 19.7 Å². The van der Waals surface area contributed by atoms with Crippen LogP contribution in [0, 0.1) is 23.0 Å². The Kier molecular flexibility index (Phi) is 7.04. The van der Waals surface area contributed by atoms with E-state index in [-0.39, 0.29) is 28.6 Å². The predicted molar refractivity (Wildman–Crippen MR) is 110 cm³/mol. The van der Waals surface area contributed by atoms with E-state index in [1.54, 1.807) is 13.0 Å². The van der Waals surface area contributed by atoms with Gasteiger partial charge < -0.3 is 14.7 Å². The van der Waals surface area contributed by atoms with Crippen LogP contribution in [0.25, 0.3) is 0 Å². The van der Waals surface area contributed by atoms with Crippen molar-refractivity contribution < 1.29 is 19.0 Å². The predicted octanol–water partition coefficient (Wildman–Crippen LogP) is 4.21. The molecule has 0 bridgehead atoms. The number of benzene rings is 1. The highest BCUT2D eigenvalue weighted by molar-refractivity contribution is 6.34. The number of hydrogen-bond acceptors (Lipinski definition) is 6. The molecule has 0 aliphatic heterocycles. The molecular weight excluding hydrogens is 412 g/mol. The zero-order valence-corrected chi connectivity index (χ0v) is 17.4. The van der Waals surface area contributed by atoms with Crippen molar-refractivity contribution >= 4 is 34.9 Å². The van der Waals surface area contributed by atoms with E-state index in [2.05, 4.69) is 10.5 Å². The average Bonchev–Trinajstić information content (AvgIpc) is 3.12. The molecule has 1 aromatic carbocycles. The second kappa shape index (κ2) is 9.71. The second-order valence-corrected chi connectivity index (χ2v) is 7.89. The number of nitro benzene ring substituents is 1. The van der Waals surface area contributed by atoms with Crippen molar-refractivity contribution in [3.8, 4) is 0 Å². The first-order chi connectivity index (χ1) is 14.3. The largest absolute Gasteiger partial charge is 0.360 e. The summed E-state index contributed by atoms with van der Waals surface area (Å²) >= 11 is 6.15. The van der Waals surface area contributed by atoms with Crippen LogP contribution >= 0.6 is 11.6 Å². The lowest BCUT2D eigenvalue weighted by molar-refractivity contribution is -0.384. The molecule has 3 rings (SSSR count). The highest BCUT2D eigenvalue weighted by Crippen LogP contribution is 2.27. The molecule has 0 spiro atoms. The third-order valence-corrected chi connectivity index (χ3v) is 5.43. The second-order valence-electron chi connectivity index (χ2n) is 7.48. The number of non-ortho nitro benzene ring substituents is 1. The Labute approximate surface area is 178 Å². The molecule has 2 amide bonds. The maximum atomic E-state index is 13.2. The highest BCUT2D eigenvalue weighted by atomic mass is 35.5. The Bertz CT molecular complexity index is 939. The number of amides is 2. The molecule has 1 heterocycles. The van der Waals surface area contributed by atoms with E-state index < -0.39 is 16.7 Å². The van der Waals surface area contributed by atoms with E-state index in [0.29, 0.717) is 18.2 Å². The minimum absolute atomic E-state index is 0.0182. The fraction of sp³-hybridized carbons (Fsp3) is 0.450. The third kappa shape index (κ3) is 5.56. The molecule has 2 aromatic rings. The van der Waals surface area contributed by atoms with Gasteiger partial charge in [-0.3, -0.25) is 19.7 Å². The van der Waals surface area contributed by atoms with Crippen LogP contribution in [-0.4, -0.2) is 39.9 Å². The number of carbonyl (C=O) groups excluding carboxylic acids is 2. The molecule has 1 aliphatic rings. The lowest BCUT2D eigenvalue weighted by atomic mass is 9.89. The molecule has 0 atom stereocenters. The van der Waals surface area contributed by atoms with E-state index >= 15 is 0 Å². The summed E-state index contributed by atoms with van der Waals surface area (Å²) in [5.74, 6) is 0.271. The van der Waals surface area contributed by atoms with Gasteiger partial charge >= 0.3 is 0 Å². The SMILES string of the molecule is Cc1cc(NC(=O)CN(CC2CCCCC2)C(=O)c2ccc([N+](=O)[O-])cc2Cl)no1. The van der Waals surface area contributed by atoms with Crippen LogP contribution in [0.5, 0.6) is 0 Å². The van der Waals surface area contributed by atoms with Gasteiger partial charge in [0.25, 0.3) is 11.6 Å².